The number of carbonyl (C=O) groups excluding carboxylic acids is 3. The minimum absolute atomic E-state index is 0.120. The highest BCUT2D eigenvalue weighted by molar-refractivity contribution is 5.77. The molecular formula is C30H38N2O9. The molecule has 2 saturated heterocycles. The van der Waals surface area contributed by atoms with Crippen molar-refractivity contribution in [2.45, 2.75) is 75.6 Å². The van der Waals surface area contributed by atoms with Crippen LogP contribution in [0.5, 0.6) is 0 Å². The molecule has 2 aromatic rings. The Bertz CT molecular complexity index is 1150. The van der Waals surface area contributed by atoms with E-state index in [-0.39, 0.29) is 44.5 Å². The lowest BCUT2D eigenvalue weighted by molar-refractivity contribution is -0.359. The Kier molecular flexibility index (Phi) is 10.8. The first kappa shape index (κ1) is 30.6. The lowest BCUT2D eigenvalue weighted by Gasteiger charge is -2.54. The molecule has 0 spiro atoms. The van der Waals surface area contributed by atoms with Gasteiger partial charge in [-0.15, -0.1) is 0 Å². The van der Waals surface area contributed by atoms with Crippen LogP contribution in [0.15, 0.2) is 60.7 Å². The first-order chi connectivity index (χ1) is 19.8. The second kappa shape index (κ2) is 14.5. The molecule has 0 radical (unpaired) electrons. The number of amides is 2. The van der Waals surface area contributed by atoms with Gasteiger partial charge in [0.25, 0.3) is 0 Å². The molecule has 4 rings (SSSR count). The number of hydrogen-bond acceptors (Lipinski definition) is 9. The molecule has 2 fully saturated rings. The van der Waals surface area contributed by atoms with Gasteiger partial charge in [0.05, 0.1) is 20.3 Å². The standard InChI is InChI=1S/C30H38N2O9/c1-20(33)32-30(19-31-24(34)15-9-10-16-25(35)37-2)27(38-17-21-11-5-3-6-12-21)26-23(40-29(30)36)18-39-28(41-26)22-13-7-4-8-14-22/h3-8,11-14,23,26-29,36H,9-10,15-19H2,1-2H3,(H,31,34)(H,32,33)/t23-,26+,27+,28?,29+,30-/m1/s1. The van der Waals surface area contributed by atoms with E-state index in [0.717, 1.165) is 11.1 Å². The lowest BCUT2D eigenvalue weighted by atomic mass is 9.82. The molecule has 0 aromatic heterocycles. The van der Waals surface area contributed by atoms with E-state index in [1.807, 2.05) is 60.7 Å². The Balaban J connectivity index is 1.57. The predicted molar refractivity (Wildman–Crippen MR) is 146 cm³/mol. The van der Waals surface area contributed by atoms with E-state index in [9.17, 15) is 19.5 Å². The molecule has 11 nitrogen and oxygen atoms in total. The van der Waals surface area contributed by atoms with Crippen LogP contribution in [-0.4, -0.2) is 73.3 Å². The number of ether oxygens (including phenoxy) is 5. The van der Waals surface area contributed by atoms with Crippen molar-refractivity contribution >= 4 is 17.8 Å². The Morgan fingerprint density at radius 3 is 2.37 bits per heavy atom. The van der Waals surface area contributed by atoms with Gasteiger partial charge in [-0.1, -0.05) is 60.7 Å². The van der Waals surface area contributed by atoms with Gasteiger partial charge in [-0.3, -0.25) is 14.4 Å². The zero-order chi connectivity index (χ0) is 29.2. The van der Waals surface area contributed by atoms with Crippen LogP contribution in [0.4, 0.5) is 0 Å². The minimum atomic E-state index is -1.58. The van der Waals surface area contributed by atoms with Crippen molar-refractivity contribution < 1.29 is 43.2 Å². The predicted octanol–water partition coefficient (Wildman–Crippen LogP) is 2.13. The van der Waals surface area contributed by atoms with Crippen LogP contribution in [0.2, 0.25) is 0 Å². The lowest BCUT2D eigenvalue weighted by Crippen LogP contribution is -2.77. The number of rotatable bonds is 12. The Hall–Kier alpha value is -3.35. The van der Waals surface area contributed by atoms with Gasteiger partial charge >= 0.3 is 5.97 Å². The SMILES string of the molecule is COC(=O)CCCCC(=O)NC[C@]1(NC(C)=O)[C@@H](O)O[C@@H]2COC(c3ccccc3)O[C@@H]2[C@@H]1OCc1ccccc1. The molecule has 0 saturated carbocycles. The van der Waals surface area contributed by atoms with Crippen molar-refractivity contribution in [1.82, 2.24) is 10.6 Å². The largest absolute Gasteiger partial charge is 0.469 e. The molecule has 11 heteroatoms. The molecule has 2 heterocycles. The first-order valence-electron chi connectivity index (χ1n) is 13.8. The molecule has 2 aromatic carbocycles. The summed E-state index contributed by atoms with van der Waals surface area (Å²) in [6.07, 6.45) is -3.35. The fraction of sp³-hybridized carbons (Fsp3) is 0.500. The highest BCUT2D eigenvalue weighted by Crippen LogP contribution is 2.39. The van der Waals surface area contributed by atoms with Crippen LogP contribution in [0, 0.1) is 0 Å². The van der Waals surface area contributed by atoms with E-state index < -0.39 is 42.3 Å². The number of nitrogens with one attached hydrogen (secondary N) is 2. The third kappa shape index (κ3) is 7.90. The Morgan fingerprint density at radius 2 is 1.68 bits per heavy atom. The number of hydrogen-bond donors (Lipinski definition) is 3. The number of carbonyl (C=O) groups is 3. The molecule has 2 aliphatic heterocycles. The van der Waals surface area contributed by atoms with Crippen LogP contribution in [0.1, 0.15) is 50.0 Å². The molecular weight excluding hydrogens is 532 g/mol. The summed E-state index contributed by atoms with van der Waals surface area (Å²) in [4.78, 5) is 36.7. The number of esters is 1. The highest BCUT2D eigenvalue weighted by Gasteiger charge is 2.60. The maximum atomic E-state index is 12.8. The molecule has 2 amide bonds. The third-order valence-electron chi connectivity index (χ3n) is 7.20. The number of fused-ring (bicyclic) bond motifs is 1. The number of unbranched alkanes of at least 4 members (excludes halogenated alkanes) is 1. The summed E-state index contributed by atoms with van der Waals surface area (Å²) < 4.78 is 29.3. The summed E-state index contributed by atoms with van der Waals surface area (Å²) in [5.74, 6) is -1.10. The van der Waals surface area contributed by atoms with Crippen LogP contribution >= 0.6 is 0 Å². The normalized spacial score (nSPS) is 27.3. The van der Waals surface area contributed by atoms with E-state index in [1.165, 1.54) is 14.0 Å². The summed E-state index contributed by atoms with van der Waals surface area (Å²) in [7, 11) is 1.32. The van der Waals surface area contributed by atoms with E-state index in [0.29, 0.717) is 12.8 Å². The van der Waals surface area contributed by atoms with Gasteiger partial charge in [0.2, 0.25) is 11.8 Å². The van der Waals surface area contributed by atoms with E-state index in [1.54, 1.807) is 0 Å². The summed E-state index contributed by atoms with van der Waals surface area (Å²) in [6, 6.07) is 18.9. The van der Waals surface area contributed by atoms with E-state index >= 15 is 0 Å². The number of methoxy groups -OCH3 is 1. The van der Waals surface area contributed by atoms with Crippen molar-refractivity contribution in [2.24, 2.45) is 0 Å². The van der Waals surface area contributed by atoms with E-state index in [4.69, 9.17) is 18.9 Å². The molecule has 41 heavy (non-hydrogen) atoms. The van der Waals surface area contributed by atoms with E-state index in [2.05, 4.69) is 15.4 Å². The van der Waals surface area contributed by atoms with Gasteiger partial charge in [-0.05, 0) is 18.4 Å². The van der Waals surface area contributed by atoms with Gasteiger partial charge in [-0.2, -0.15) is 0 Å². The maximum Gasteiger partial charge on any atom is 0.305 e. The molecule has 0 bridgehead atoms. The number of benzene rings is 2. The minimum Gasteiger partial charge on any atom is -0.469 e. The topological polar surface area (TPSA) is 142 Å². The van der Waals surface area contributed by atoms with Gasteiger partial charge in [0.1, 0.15) is 23.9 Å². The van der Waals surface area contributed by atoms with Gasteiger partial charge in [-0.25, -0.2) is 0 Å². The summed E-state index contributed by atoms with van der Waals surface area (Å²) >= 11 is 0. The van der Waals surface area contributed by atoms with Crippen LogP contribution in [-0.2, 0) is 44.7 Å². The zero-order valence-corrected chi connectivity index (χ0v) is 23.3. The third-order valence-corrected chi connectivity index (χ3v) is 7.20. The van der Waals surface area contributed by atoms with Crippen molar-refractivity contribution in [2.75, 3.05) is 20.3 Å². The van der Waals surface area contributed by atoms with Gasteiger partial charge in [0, 0.05) is 31.9 Å². The van der Waals surface area contributed by atoms with Crippen molar-refractivity contribution in [3.63, 3.8) is 0 Å². The van der Waals surface area contributed by atoms with Gasteiger partial charge < -0.3 is 39.4 Å². The first-order valence-corrected chi connectivity index (χ1v) is 13.8. The Morgan fingerprint density at radius 1 is 1.00 bits per heavy atom. The zero-order valence-electron chi connectivity index (χ0n) is 23.3. The van der Waals surface area contributed by atoms with Crippen LogP contribution < -0.4 is 10.6 Å². The second-order valence-electron chi connectivity index (χ2n) is 10.2. The number of aliphatic hydroxyl groups is 1. The van der Waals surface area contributed by atoms with Gasteiger partial charge in [0.15, 0.2) is 12.6 Å². The average molecular weight is 571 g/mol. The summed E-state index contributed by atoms with van der Waals surface area (Å²) in [5.41, 5.74) is 0.0921. The Labute approximate surface area is 239 Å². The quantitative estimate of drug-likeness (QED) is 0.258. The molecule has 3 N–H and O–H groups in total. The second-order valence-corrected chi connectivity index (χ2v) is 10.2. The monoisotopic (exact) mass is 570 g/mol. The van der Waals surface area contributed by atoms with Crippen molar-refractivity contribution in [1.29, 1.82) is 0 Å². The molecule has 222 valence electrons. The maximum absolute atomic E-state index is 12.8. The van der Waals surface area contributed by atoms with Crippen molar-refractivity contribution in [3.8, 4) is 0 Å². The average Bonchev–Trinajstić information content (AvgIpc) is 2.98. The molecule has 1 unspecified atom stereocenters. The molecule has 2 aliphatic rings. The molecule has 0 aliphatic carbocycles. The summed E-state index contributed by atoms with van der Waals surface area (Å²) in [6.45, 7) is 1.41. The smallest absolute Gasteiger partial charge is 0.305 e. The fourth-order valence-electron chi connectivity index (χ4n) is 5.12. The molecule has 6 atom stereocenters. The fourth-order valence-corrected chi connectivity index (χ4v) is 5.12. The highest BCUT2D eigenvalue weighted by atomic mass is 16.7. The van der Waals surface area contributed by atoms with Crippen LogP contribution in [0.3, 0.4) is 0 Å². The summed E-state index contributed by atoms with van der Waals surface area (Å²) in [5, 5.41) is 17.0. The number of aliphatic hydroxyl groups excluding tert-OH is 1. The van der Waals surface area contributed by atoms with Crippen molar-refractivity contribution in [3.05, 3.63) is 71.8 Å². The van der Waals surface area contributed by atoms with Crippen LogP contribution in [0.25, 0.3) is 0 Å².